The normalized spacial score (nSPS) is 11.6. The highest BCUT2D eigenvalue weighted by Crippen LogP contribution is 2.22. The predicted octanol–water partition coefficient (Wildman–Crippen LogP) is 3.30. The lowest BCUT2D eigenvalue weighted by Gasteiger charge is -2.12. The Morgan fingerprint density at radius 3 is 2.25 bits per heavy atom. The van der Waals surface area contributed by atoms with Crippen LogP contribution in [0.4, 0.5) is 8.78 Å². The summed E-state index contributed by atoms with van der Waals surface area (Å²) in [7, 11) is 0. The van der Waals surface area contributed by atoms with Gasteiger partial charge in [-0.15, -0.1) is 0 Å². The molecule has 66 valence electrons. The van der Waals surface area contributed by atoms with E-state index in [9.17, 15) is 8.78 Å². The van der Waals surface area contributed by atoms with E-state index >= 15 is 0 Å². The summed E-state index contributed by atoms with van der Waals surface area (Å²) in [6, 6.07) is 8.82. The topological polar surface area (TPSA) is 0 Å². The molecule has 3 heteroatoms. The molecule has 1 rings (SSSR count). The molecule has 0 saturated heterocycles. The molecular formula is C9H9F2I. The molecule has 1 aromatic rings. The fourth-order valence-corrected chi connectivity index (χ4v) is 1.21. The van der Waals surface area contributed by atoms with E-state index in [1.165, 1.54) is 0 Å². The van der Waals surface area contributed by atoms with Gasteiger partial charge in [0.15, 0.2) is 0 Å². The first-order valence-electron chi connectivity index (χ1n) is 3.62. The molecule has 0 amide bonds. The number of alkyl halides is 3. The van der Waals surface area contributed by atoms with E-state index in [0.29, 0.717) is 5.56 Å². The molecule has 0 radical (unpaired) electrons. The lowest BCUT2D eigenvalue weighted by Crippen LogP contribution is -2.20. The summed E-state index contributed by atoms with van der Waals surface area (Å²) < 4.78 is 25.5. The van der Waals surface area contributed by atoms with Gasteiger partial charge in [-0.2, -0.15) is 0 Å². The molecule has 0 aromatic heterocycles. The predicted molar refractivity (Wildman–Crippen MR) is 54.0 cm³/mol. The minimum Gasteiger partial charge on any atom is -0.206 e. The molecule has 0 spiro atoms. The van der Waals surface area contributed by atoms with Crippen molar-refractivity contribution in [3.05, 3.63) is 35.9 Å². The van der Waals surface area contributed by atoms with Crippen molar-refractivity contribution in [2.45, 2.75) is 12.3 Å². The quantitative estimate of drug-likeness (QED) is 0.589. The maximum atomic E-state index is 12.8. The van der Waals surface area contributed by atoms with Crippen molar-refractivity contribution in [3.8, 4) is 0 Å². The molecule has 0 nitrogen and oxygen atoms in total. The van der Waals surface area contributed by atoms with Gasteiger partial charge < -0.3 is 0 Å². The molecule has 0 unspecified atom stereocenters. The van der Waals surface area contributed by atoms with E-state index in [-0.39, 0.29) is 10.8 Å². The number of hydrogen-bond donors (Lipinski definition) is 0. The Morgan fingerprint density at radius 1 is 1.17 bits per heavy atom. The monoisotopic (exact) mass is 282 g/mol. The molecule has 0 aliphatic heterocycles. The van der Waals surface area contributed by atoms with Crippen LogP contribution in [0.5, 0.6) is 0 Å². The second-order valence-corrected chi connectivity index (χ2v) is 3.41. The first-order chi connectivity index (χ1) is 5.64. The van der Waals surface area contributed by atoms with E-state index in [1.54, 1.807) is 46.9 Å². The summed E-state index contributed by atoms with van der Waals surface area (Å²) in [5.41, 5.74) is 0.694. The van der Waals surface area contributed by atoms with Gasteiger partial charge in [-0.25, -0.2) is 8.78 Å². The Hall–Kier alpha value is -0.190. The smallest absolute Gasteiger partial charge is 0.206 e. The Bertz CT molecular complexity index is 234. The van der Waals surface area contributed by atoms with Crippen LogP contribution in [0.15, 0.2) is 30.3 Å². The fourth-order valence-electron chi connectivity index (χ4n) is 0.942. The van der Waals surface area contributed by atoms with Crippen molar-refractivity contribution in [2.75, 3.05) is 4.43 Å². The number of benzene rings is 1. The summed E-state index contributed by atoms with van der Waals surface area (Å²) in [4.78, 5) is 0. The average Bonchev–Trinajstić information content (AvgIpc) is 2.06. The molecule has 0 saturated carbocycles. The Labute approximate surface area is 84.1 Å². The average molecular weight is 282 g/mol. The van der Waals surface area contributed by atoms with Crippen LogP contribution in [0.3, 0.4) is 0 Å². The van der Waals surface area contributed by atoms with Gasteiger partial charge in [0.05, 0.1) is 4.43 Å². The van der Waals surface area contributed by atoms with Gasteiger partial charge >= 0.3 is 0 Å². The SMILES string of the molecule is FC(F)(CI)Cc1ccccc1. The zero-order valence-electron chi connectivity index (χ0n) is 6.43. The molecule has 0 aliphatic rings. The maximum absolute atomic E-state index is 12.8. The highest BCUT2D eigenvalue weighted by atomic mass is 127. The van der Waals surface area contributed by atoms with Crippen LogP contribution in [0, 0.1) is 0 Å². The van der Waals surface area contributed by atoms with Crippen LogP contribution in [0.25, 0.3) is 0 Å². The van der Waals surface area contributed by atoms with Gasteiger partial charge in [-0.1, -0.05) is 52.9 Å². The summed E-state index contributed by atoms with van der Waals surface area (Å²) in [6.45, 7) is 0. The maximum Gasteiger partial charge on any atom is 0.260 e. The second kappa shape index (κ2) is 4.16. The molecule has 0 atom stereocenters. The second-order valence-electron chi connectivity index (χ2n) is 2.65. The Morgan fingerprint density at radius 2 is 1.75 bits per heavy atom. The van der Waals surface area contributed by atoms with Gasteiger partial charge in [0.2, 0.25) is 0 Å². The molecule has 0 bridgehead atoms. The highest BCUT2D eigenvalue weighted by Gasteiger charge is 2.26. The van der Waals surface area contributed by atoms with Gasteiger partial charge in [0.25, 0.3) is 5.92 Å². The number of rotatable bonds is 3. The van der Waals surface area contributed by atoms with Gasteiger partial charge in [0.1, 0.15) is 0 Å². The van der Waals surface area contributed by atoms with E-state index in [1.807, 2.05) is 6.07 Å². The molecular weight excluding hydrogens is 273 g/mol. The van der Waals surface area contributed by atoms with Crippen LogP contribution >= 0.6 is 22.6 Å². The largest absolute Gasteiger partial charge is 0.260 e. The molecule has 0 fully saturated rings. The van der Waals surface area contributed by atoms with Crippen LogP contribution in [-0.4, -0.2) is 10.4 Å². The van der Waals surface area contributed by atoms with Crippen LogP contribution < -0.4 is 0 Å². The van der Waals surface area contributed by atoms with Crippen LogP contribution in [-0.2, 0) is 6.42 Å². The van der Waals surface area contributed by atoms with Crippen LogP contribution in [0.2, 0.25) is 0 Å². The molecule has 0 aliphatic carbocycles. The lowest BCUT2D eigenvalue weighted by molar-refractivity contribution is 0.0313. The third-order valence-electron chi connectivity index (χ3n) is 1.50. The van der Waals surface area contributed by atoms with E-state index < -0.39 is 5.92 Å². The summed E-state index contributed by atoms with van der Waals surface area (Å²) >= 11 is 1.71. The van der Waals surface area contributed by atoms with Crippen molar-refractivity contribution in [1.82, 2.24) is 0 Å². The van der Waals surface area contributed by atoms with Gasteiger partial charge in [0, 0.05) is 6.42 Å². The number of halogens is 3. The third kappa shape index (κ3) is 3.05. The van der Waals surface area contributed by atoms with Crippen molar-refractivity contribution >= 4 is 22.6 Å². The van der Waals surface area contributed by atoms with Crippen molar-refractivity contribution in [2.24, 2.45) is 0 Å². The van der Waals surface area contributed by atoms with E-state index in [2.05, 4.69) is 0 Å². The minimum atomic E-state index is -2.57. The van der Waals surface area contributed by atoms with Crippen LogP contribution in [0.1, 0.15) is 5.56 Å². The van der Waals surface area contributed by atoms with Gasteiger partial charge in [-0.3, -0.25) is 0 Å². The molecule has 0 heterocycles. The summed E-state index contributed by atoms with van der Waals surface area (Å²) in [6.07, 6.45) is -0.156. The van der Waals surface area contributed by atoms with Crippen molar-refractivity contribution in [3.63, 3.8) is 0 Å². The van der Waals surface area contributed by atoms with E-state index in [0.717, 1.165) is 0 Å². The fraction of sp³-hybridized carbons (Fsp3) is 0.333. The standard InChI is InChI=1S/C9H9F2I/c10-9(11,7-12)6-8-4-2-1-3-5-8/h1-5H,6-7H2. The summed E-state index contributed by atoms with van der Waals surface area (Å²) in [5.74, 6) is -2.57. The summed E-state index contributed by atoms with van der Waals surface area (Å²) in [5, 5.41) is 0. The Balaban J connectivity index is 2.64. The molecule has 0 N–H and O–H groups in total. The van der Waals surface area contributed by atoms with Crippen molar-refractivity contribution in [1.29, 1.82) is 0 Å². The first kappa shape index (κ1) is 9.89. The molecule has 12 heavy (non-hydrogen) atoms. The van der Waals surface area contributed by atoms with E-state index in [4.69, 9.17) is 0 Å². The third-order valence-corrected chi connectivity index (χ3v) is 2.62. The lowest BCUT2D eigenvalue weighted by atomic mass is 10.1. The zero-order chi connectivity index (χ0) is 9.03. The first-order valence-corrected chi connectivity index (χ1v) is 5.14. The minimum absolute atomic E-state index is 0.125. The molecule has 1 aromatic carbocycles. The Kier molecular flexibility index (Phi) is 3.43. The zero-order valence-corrected chi connectivity index (χ0v) is 8.59. The number of hydrogen-bond acceptors (Lipinski definition) is 0. The highest BCUT2D eigenvalue weighted by molar-refractivity contribution is 14.1. The van der Waals surface area contributed by atoms with Crippen molar-refractivity contribution < 1.29 is 8.78 Å². The van der Waals surface area contributed by atoms with Gasteiger partial charge in [-0.05, 0) is 5.56 Å².